The molecule has 1 aromatic carbocycles. The molecule has 1 rings (SSSR count). The van der Waals surface area contributed by atoms with E-state index in [9.17, 15) is 9.90 Å². The van der Waals surface area contributed by atoms with Crippen molar-refractivity contribution in [3.05, 3.63) is 35.9 Å². The van der Waals surface area contributed by atoms with Crippen molar-refractivity contribution < 1.29 is 14.6 Å². The average molecular weight is 220 g/mol. The van der Waals surface area contributed by atoms with Crippen molar-refractivity contribution in [3.8, 4) is 5.75 Å². The predicted molar refractivity (Wildman–Crippen MR) is 63.3 cm³/mol. The van der Waals surface area contributed by atoms with E-state index in [0.717, 1.165) is 11.3 Å². The maximum absolute atomic E-state index is 11.4. The van der Waals surface area contributed by atoms with Gasteiger partial charge in [0, 0.05) is 0 Å². The molecular formula is C13H16O3. The Morgan fingerprint density at radius 2 is 1.88 bits per heavy atom. The zero-order valence-electron chi connectivity index (χ0n) is 9.73. The minimum atomic E-state index is -1.32. The van der Waals surface area contributed by atoms with Gasteiger partial charge < -0.3 is 9.84 Å². The summed E-state index contributed by atoms with van der Waals surface area (Å²) >= 11 is 0. The van der Waals surface area contributed by atoms with Crippen molar-refractivity contribution in [2.45, 2.75) is 19.4 Å². The summed E-state index contributed by atoms with van der Waals surface area (Å²) in [6.07, 6.45) is 3.04. The number of ketones is 1. The first kappa shape index (κ1) is 12.5. The highest BCUT2D eigenvalue weighted by atomic mass is 16.5. The molecule has 16 heavy (non-hydrogen) atoms. The van der Waals surface area contributed by atoms with Gasteiger partial charge in [0.2, 0.25) is 0 Å². The van der Waals surface area contributed by atoms with E-state index < -0.39 is 5.60 Å². The number of ether oxygens (including phenoxy) is 1. The number of methoxy groups -OCH3 is 1. The summed E-state index contributed by atoms with van der Waals surface area (Å²) in [5, 5.41) is 9.43. The SMILES string of the molecule is COc1ccc(C=CC(=O)C(C)(C)O)cc1. The van der Waals surface area contributed by atoms with E-state index in [1.165, 1.54) is 19.9 Å². The van der Waals surface area contributed by atoms with Crippen molar-refractivity contribution >= 4 is 11.9 Å². The van der Waals surface area contributed by atoms with E-state index >= 15 is 0 Å². The lowest BCUT2D eigenvalue weighted by Gasteiger charge is -2.11. The second kappa shape index (κ2) is 4.94. The van der Waals surface area contributed by atoms with E-state index in [0.29, 0.717) is 0 Å². The number of rotatable bonds is 4. The van der Waals surface area contributed by atoms with Gasteiger partial charge in [-0.2, -0.15) is 0 Å². The van der Waals surface area contributed by atoms with Crippen LogP contribution in [0.1, 0.15) is 19.4 Å². The standard InChI is InChI=1S/C13H16O3/c1-13(2,15)12(14)9-6-10-4-7-11(16-3)8-5-10/h4-9,15H,1-3H3. The first-order valence-corrected chi connectivity index (χ1v) is 5.02. The van der Waals surface area contributed by atoms with Crippen LogP contribution >= 0.6 is 0 Å². The summed E-state index contributed by atoms with van der Waals surface area (Å²) in [6, 6.07) is 7.31. The monoisotopic (exact) mass is 220 g/mol. The maximum atomic E-state index is 11.4. The minimum absolute atomic E-state index is 0.316. The lowest BCUT2D eigenvalue weighted by Crippen LogP contribution is -2.29. The molecule has 0 aliphatic heterocycles. The van der Waals surface area contributed by atoms with Crippen LogP contribution in [-0.2, 0) is 4.79 Å². The quantitative estimate of drug-likeness (QED) is 0.790. The molecule has 0 radical (unpaired) electrons. The van der Waals surface area contributed by atoms with Crippen molar-refractivity contribution in [1.29, 1.82) is 0 Å². The lowest BCUT2D eigenvalue weighted by atomic mass is 10.0. The number of carbonyl (C=O) groups excluding carboxylic acids is 1. The molecule has 0 unspecified atom stereocenters. The molecule has 0 amide bonds. The van der Waals surface area contributed by atoms with Gasteiger partial charge >= 0.3 is 0 Å². The van der Waals surface area contributed by atoms with Gasteiger partial charge in [0.1, 0.15) is 11.4 Å². The zero-order valence-corrected chi connectivity index (χ0v) is 9.73. The summed E-state index contributed by atoms with van der Waals surface area (Å²) in [6.45, 7) is 2.93. The third-order valence-corrected chi connectivity index (χ3v) is 2.15. The van der Waals surface area contributed by atoms with Gasteiger partial charge in [-0.3, -0.25) is 4.79 Å². The van der Waals surface area contributed by atoms with Gasteiger partial charge in [-0.15, -0.1) is 0 Å². The number of aliphatic hydroxyl groups is 1. The van der Waals surface area contributed by atoms with E-state index in [4.69, 9.17) is 4.74 Å². The van der Waals surface area contributed by atoms with Crippen LogP contribution in [0.25, 0.3) is 6.08 Å². The second-order valence-corrected chi connectivity index (χ2v) is 4.03. The minimum Gasteiger partial charge on any atom is -0.497 e. The summed E-state index contributed by atoms with van der Waals surface area (Å²) in [7, 11) is 1.60. The van der Waals surface area contributed by atoms with E-state index in [-0.39, 0.29) is 5.78 Å². The fourth-order valence-electron chi connectivity index (χ4n) is 1.09. The first-order valence-electron chi connectivity index (χ1n) is 5.02. The molecule has 0 aliphatic rings. The highest BCUT2D eigenvalue weighted by Crippen LogP contribution is 2.13. The Labute approximate surface area is 95.4 Å². The fraction of sp³-hybridized carbons (Fsp3) is 0.308. The summed E-state index contributed by atoms with van der Waals surface area (Å²) < 4.78 is 5.02. The van der Waals surface area contributed by atoms with E-state index in [1.807, 2.05) is 24.3 Å². The molecule has 0 aromatic heterocycles. The smallest absolute Gasteiger partial charge is 0.186 e. The number of hydrogen-bond donors (Lipinski definition) is 1. The van der Waals surface area contributed by atoms with Crippen LogP contribution in [0.5, 0.6) is 5.75 Å². The topological polar surface area (TPSA) is 46.5 Å². The van der Waals surface area contributed by atoms with E-state index in [2.05, 4.69) is 0 Å². The Balaban J connectivity index is 2.73. The van der Waals surface area contributed by atoms with Crippen molar-refractivity contribution in [2.24, 2.45) is 0 Å². The van der Waals surface area contributed by atoms with Crippen molar-refractivity contribution in [1.82, 2.24) is 0 Å². The van der Waals surface area contributed by atoms with Crippen LogP contribution in [0.2, 0.25) is 0 Å². The summed E-state index contributed by atoms with van der Waals surface area (Å²) in [4.78, 5) is 11.4. The van der Waals surface area contributed by atoms with Gasteiger partial charge in [-0.25, -0.2) is 0 Å². The van der Waals surface area contributed by atoms with Crippen LogP contribution < -0.4 is 4.74 Å². The maximum Gasteiger partial charge on any atom is 0.186 e. The van der Waals surface area contributed by atoms with Gasteiger partial charge in [0.05, 0.1) is 7.11 Å². The third kappa shape index (κ3) is 3.51. The fourth-order valence-corrected chi connectivity index (χ4v) is 1.09. The molecule has 0 spiro atoms. The molecular weight excluding hydrogens is 204 g/mol. The average Bonchev–Trinajstić information content (AvgIpc) is 2.25. The number of carbonyl (C=O) groups is 1. The van der Waals surface area contributed by atoms with Gasteiger partial charge in [-0.1, -0.05) is 18.2 Å². The Hall–Kier alpha value is -1.61. The van der Waals surface area contributed by atoms with Gasteiger partial charge in [0.25, 0.3) is 0 Å². The Morgan fingerprint density at radius 1 is 1.31 bits per heavy atom. The van der Waals surface area contributed by atoms with Gasteiger partial charge in [0.15, 0.2) is 5.78 Å². The Bertz CT molecular complexity index is 383. The molecule has 0 bridgehead atoms. The molecule has 0 heterocycles. The van der Waals surface area contributed by atoms with Crippen LogP contribution in [0, 0.1) is 0 Å². The molecule has 0 aliphatic carbocycles. The molecule has 0 fully saturated rings. The van der Waals surface area contributed by atoms with Gasteiger partial charge in [-0.05, 0) is 37.6 Å². The van der Waals surface area contributed by atoms with Crippen LogP contribution in [-0.4, -0.2) is 23.6 Å². The van der Waals surface area contributed by atoms with Crippen LogP contribution in [0.4, 0.5) is 0 Å². The number of hydrogen-bond acceptors (Lipinski definition) is 3. The lowest BCUT2D eigenvalue weighted by molar-refractivity contribution is -0.128. The first-order chi connectivity index (χ1) is 7.43. The Kier molecular flexibility index (Phi) is 3.85. The molecule has 0 saturated heterocycles. The van der Waals surface area contributed by atoms with Crippen LogP contribution in [0.15, 0.2) is 30.3 Å². The summed E-state index contributed by atoms with van der Waals surface area (Å²) in [5.74, 6) is 0.453. The largest absolute Gasteiger partial charge is 0.497 e. The van der Waals surface area contributed by atoms with Crippen LogP contribution in [0.3, 0.4) is 0 Å². The van der Waals surface area contributed by atoms with Crippen molar-refractivity contribution in [2.75, 3.05) is 7.11 Å². The number of benzene rings is 1. The molecule has 3 nitrogen and oxygen atoms in total. The molecule has 86 valence electrons. The highest BCUT2D eigenvalue weighted by Gasteiger charge is 2.20. The predicted octanol–water partition coefficient (Wildman–Crippen LogP) is 2.05. The second-order valence-electron chi connectivity index (χ2n) is 4.03. The zero-order chi connectivity index (χ0) is 12.2. The van der Waals surface area contributed by atoms with E-state index in [1.54, 1.807) is 13.2 Å². The molecule has 1 aromatic rings. The Morgan fingerprint density at radius 3 is 2.31 bits per heavy atom. The molecule has 1 N–H and O–H groups in total. The molecule has 0 saturated carbocycles. The van der Waals surface area contributed by atoms with Crippen molar-refractivity contribution in [3.63, 3.8) is 0 Å². The third-order valence-electron chi connectivity index (χ3n) is 2.15. The summed E-state index contributed by atoms with van der Waals surface area (Å²) in [5.41, 5.74) is -0.429. The highest BCUT2D eigenvalue weighted by molar-refractivity contribution is 5.99. The normalized spacial score (nSPS) is 11.8. The molecule has 0 atom stereocenters. The molecule has 3 heteroatoms.